The van der Waals surface area contributed by atoms with Crippen molar-refractivity contribution in [2.75, 3.05) is 24.7 Å². The van der Waals surface area contributed by atoms with Gasteiger partial charge in [0.2, 0.25) is 5.91 Å². The van der Waals surface area contributed by atoms with E-state index in [1.807, 2.05) is 26.0 Å². The number of rotatable bonds is 7. The lowest BCUT2D eigenvalue weighted by Crippen LogP contribution is -2.47. The molecule has 1 saturated carbocycles. The molecule has 27 heavy (non-hydrogen) atoms. The zero-order chi connectivity index (χ0) is 19.6. The van der Waals surface area contributed by atoms with Gasteiger partial charge in [-0.05, 0) is 38.3 Å². The molecule has 1 heterocycles. The molecule has 0 aliphatic heterocycles. The molecule has 1 aromatic rings. The van der Waals surface area contributed by atoms with Crippen molar-refractivity contribution in [2.45, 2.75) is 57.2 Å². The molecule has 3 unspecified atom stereocenters. The fourth-order valence-corrected chi connectivity index (χ4v) is 4.60. The number of amides is 1. The van der Waals surface area contributed by atoms with Crippen molar-refractivity contribution in [3.63, 3.8) is 0 Å². The number of nitrogens with one attached hydrogen (secondary N) is 3. The molecular weight excluding hydrogens is 362 g/mol. The average Bonchev–Trinajstić information content (AvgIpc) is 2.66. The van der Waals surface area contributed by atoms with E-state index in [-0.39, 0.29) is 17.2 Å². The molecule has 0 radical (unpaired) electrons. The van der Waals surface area contributed by atoms with E-state index in [9.17, 15) is 9.00 Å². The molecule has 1 amide bonds. The Morgan fingerprint density at radius 3 is 2.89 bits per heavy atom. The number of guanidine groups is 1. The standard InChI is InChI=1S/C19H31N5O2S/c1-4-27(26)16-9-6-8-15(13-16)23-19(20-3)21-12-11-18(25)24-17-10-5-7-14(2)22-17/h5,7,10,15-16H,4,6,8-9,11-13H2,1-3H3,(H2,20,21,23)(H,22,24,25). The fraction of sp³-hybridized carbons (Fsp3) is 0.632. The first-order chi connectivity index (χ1) is 13.0. The summed E-state index contributed by atoms with van der Waals surface area (Å²) in [6.45, 7) is 4.35. The van der Waals surface area contributed by atoms with E-state index >= 15 is 0 Å². The van der Waals surface area contributed by atoms with E-state index in [2.05, 4.69) is 25.9 Å². The average molecular weight is 394 g/mol. The molecule has 2 rings (SSSR count). The summed E-state index contributed by atoms with van der Waals surface area (Å²) in [4.78, 5) is 20.6. The van der Waals surface area contributed by atoms with E-state index < -0.39 is 10.8 Å². The Kier molecular flexibility index (Phi) is 8.71. The summed E-state index contributed by atoms with van der Waals surface area (Å²) in [5.74, 6) is 1.88. The van der Waals surface area contributed by atoms with Gasteiger partial charge in [-0.15, -0.1) is 0 Å². The van der Waals surface area contributed by atoms with Gasteiger partial charge in [-0.2, -0.15) is 0 Å². The first-order valence-electron chi connectivity index (χ1n) is 9.59. The predicted molar refractivity (Wildman–Crippen MR) is 111 cm³/mol. The summed E-state index contributed by atoms with van der Waals surface area (Å²) in [5, 5.41) is 9.66. The Morgan fingerprint density at radius 2 is 2.19 bits per heavy atom. The number of pyridine rings is 1. The number of carbonyl (C=O) groups is 1. The van der Waals surface area contributed by atoms with Gasteiger partial charge in [-0.1, -0.05) is 19.4 Å². The number of hydrogen-bond acceptors (Lipinski definition) is 4. The zero-order valence-corrected chi connectivity index (χ0v) is 17.3. The van der Waals surface area contributed by atoms with Crippen LogP contribution in [0.5, 0.6) is 0 Å². The number of nitrogens with zero attached hydrogens (tertiary/aromatic N) is 2. The van der Waals surface area contributed by atoms with Gasteiger partial charge < -0.3 is 16.0 Å². The van der Waals surface area contributed by atoms with Crippen LogP contribution in [0.2, 0.25) is 0 Å². The molecule has 8 heteroatoms. The van der Waals surface area contributed by atoms with Crippen molar-refractivity contribution >= 4 is 28.5 Å². The molecule has 0 aromatic carbocycles. The first-order valence-corrected chi connectivity index (χ1v) is 11.0. The summed E-state index contributed by atoms with van der Waals surface area (Å²) in [7, 11) is 0.976. The number of carbonyl (C=O) groups excluding carboxylic acids is 1. The Bertz CT molecular complexity index is 680. The summed E-state index contributed by atoms with van der Waals surface area (Å²) < 4.78 is 12.1. The minimum atomic E-state index is -0.743. The van der Waals surface area contributed by atoms with Crippen molar-refractivity contribution in [1.29, 1.82) is 0 Å². The molecule has 150 valence electrons. The van der Waals surface area contributed by atoms with Gasteiger partial charge in [-0.25, -0.2) is 4.98 Å². The third-order valence-electron chi connectivity index (χ3n) is 4.65. The molecule has 0 bridgehead atoms. The first kappa shape index (κ1) is 21.3. The van der Waals surface area contributed by atoms with Gasteiger partial charge in [0.25, 0.3) is 0 Å². The molecule has 3 atom stereocenters. The Balaban J connectivity index is 1.73. The van der Waals surface area contributed by atoms with Crippen molar-refractivity contribution in [2.24, 2.45) is 4.99 Å². The molecule has 3 N–H and O–H groups in total. The number of aliphatic imine (C=N–C) groups is 1. The van der Waals surface area contributed by atoms with Gasteiger partial charge in [0.1, 0.15) is 5.82 Å². The lowest BCUT2D eigenvalue weighted by atomic mass is 9.95. The van der Waals surface area contributed by atoms with Gasteiger partial charge >= 0.3 is 0 Å². The lowest BCUT2D eigenvalue weighted by Gasteiger charge is -2.30. The van der Waals surface area contributed by atoms with Crippen LogP contribution in [-0.4, -0.2) is 51.7 Å². The van der Waals surface area contributed by atoms with E-state index in [0.29, 0.717) is 24.7 Å². The minimum Gasteiger partial charge on any atom is -0.356 e. The zero-order valence-electron chi connectivity index (χ0n) is 16.5. The lowest BCUT2D eigenvalue weighted by molar-refractivity contribution is -0.116. The summed E-state index contributed by atoms with van der Waals surface area (Å²) >= 11 is 0. The van der Waals surface area contributed by atoms with Crippen LogP contribution >= 0.6 is 0 Å². The van der Waals surface area contributed by atoms with Crippen LogP contribution in [0.25, 0.3) is 0 Å². The molecule has 1 aliphatic rings. The second-order valence-corrected chi connectivity index (χ2v) is 8.77. The maximum Gasteiger partial charge on any atom is 0.227 e. The molecule has 1 fully saturated rings. The molecule has 1 aromatic heterocycles. The highest BCUT2D eigenvalue weighted by molar-refractivity contribution is 7.85. The third kappa shape index (κ3) is 7.28. The van der Waals surface area contributed by atoms with E-state index in [1.54, 1.807) is 13.1 Å². The smallest absolute Gasteiger partial charge is 0.227 e. The van der Waals surface area contributed by atoms with Crippen LogP contribution in [0.1, 0.15) is 44.7 Å². The molecule has 1 aliphatic carbocycles. The highest BCUT2D eigenvalue weighted by Gasteiger charge is 2.26. The van der Waals surface area contributed by atoms with Gasteiger partial charge in [0, 0.05) is 53.6 Å². The number of anilines is 1. The Morgan fingerprint density at radius 1 is 1.37 bits per heavy atom. The maximum absolute atomic E-state index is 12.1. The van der Waals surface area contributed by atoms with Crippen molar-refractivity contribution in [3.05, 3.63) is 23.9 Å². The van der Waals surface area contributed by atoms with E-state index in [4.69, 9.17) is 0 Å². The van der Waals surface area contributed by atoms with Crippen molar-refractivity contribution in [1.82, 2.24) is 15.6 Å². The van der Waals surface area contributed by atoms with Gasteiger partial charge in [0.05, 0.1) is 0 Å². The highest BCUT2D eigenvalue weighted by atomic mass is 32.2. The molecular formula is C19H31N5O2S. The SMILES string of the molecule is CCS(=O)C1CCCC(NC(=NC)NCCC(=O)Nc2cccc(C)n2)C1. The molecule has 7 nitrogen and oxygen atoms in total. The second-order valence-electron chi connectivity index (χ2n) is 6.76. The predicted octanol–water partition coefficient (Wildman–Crippen LogP) is 1.96. The van der Waals surface area contributed by atoms with Crippen molar-refractivity contribution < 1.29 is 9.00 Å². The molecule has 0 spiro atoms. The Labute approximate surface area is 164 Å². The van der Waals surface area contributed by atoms with Crippen LogP contribution in [-0.2, 0) is 15.6 Å². The highest BCUT2D eigenvalue weighted by Crippen LogP contribution is 2.22. The van der Waals surface area contributed by atoms with E-state index in [1.165, 1.54) is 0 Å². The largest absolute Gasteiger partial charge is 0.356 e. The Hall–Kier alpha value is -1.96. The summed E-state index contributed by atoms with van der Waals surface area (Å²) in [5.41, 5.74) is 0.866. The monoisotopic (exact) mass is 393 g/mol. The molecule has 0 saturated heterocycles. The number of hydrogen-bond donors (Lipinski definition) is 3. The van der Waals surface area contributed by atoms with Gasteiger partial charge in [0.15, 0.2) is 5.96 Å². The van der Waals surface area contributed by atoms with E-state index in [0.717, 1.165) is 37.1 Å². The normalized spacial score (nSPS) is 21.4. The quantitative estimate of drug-likeness (QED) is 0.486. The second kappa shape index (κ2) is 11.0. The summed E-state index contributed by atoms with van der Waals surface area (Å²) in [6.07, 6.45) is 4.40. The van der Waals surface area contributed by atoms with Crippen LogP contribution in [0.3, 0.4) is 0 Å². The van der Waals surface area contributed by atoms with Crippen LogP contribution < -0.4 is 16.0 Å². The van der Waals surface area contributed by atoms with Crippen LogP contribution in [0, 0.1) is 6.92 Å². The number of aromatic nitrogens is 1. The van der Waals surface area contributed by atoms with Crippen LogP contribution in [0.4, 0.5) is 5.82 Å². The summed E-state index contributed by atoms with van der Waals surface area (Å²) in [6, 6.07) is 5.80. The van der Waals surface area contributed by atoms with Crippen molar-refractivity contribution in [3.8, 4) is 0 Å². The number of aryl methyl sites for hydroxylation is 1. The van der Waals surface area contributed by atoms with Crippen LogP contribution in [0.15, 0.2) is 23.2 Å². The fourth-order valence-electron chi connectivity index (χ4n) is 3.25. The maximum atomic E-state index is 12.1. The third-order valence-corrected chi connectivity index (χ3v) is 6.39. The minimum absolute atomic E-state index is 0.0906. The topological polar surface area (TPSA) is 95.5 Å². The van der Waals surface area contributed by atoms with Gasteiger partial charge in [-0.3, -0.25) is 14.0 Å².